The maximum Gasteiger partial charge on any atom is 0.179 e. The number of benzene rings is 1. The fourth-order valence-electron chi connectivity index (χ4n) is 1.47. The largest absolute Gasteiger partial charge is 0.248 e. The van der Waals surface area contributed by atoms with Crippen molar-refractivity contribution < 1.29 is 8.42 Å². The van der Waals surface area contributed by atoms with E-state index in [4.69, 9.17) is 11.6 Å². The van der Waals surface area contributed by atoms with E-state index in [2.05, 4.69) is 4.98 Å². The van der Waals surface area contributed by atoms with Gasteiger partial charge < -0.3 is 0 Å². The molecule has 0 aliphatic heterocycles. The normalized spacial score (nSPS) is 11.4. The van der Waals surface area contributed by atoms with Gasteiger partial charge in [0.05, 0.1) is 15.7 Å². The van der Waals surface area contributed by atoms with Crippen molar-refractivity contribution in [3.8, 4) is 0 Å². The van der Waals surface area contributed by atoms with E-state index in [-0.39, 0.29) is 5.75 Å². The third kappa shape index (κ3) is 3.96. The minimum Gasteiger partial charge on any atom is -0.248 e. The number of aromatic nitrogens is 1. The number of pyridine rings is 1. The highest BCUT2D eigenvalue weighted by molar-refractivity contribution is 8.00. The van der Waals surface area contributed by atoms with Crippen LogP contribution in [0.2, 0.25) is 5.02 Å². The highest BCUT2D eigenvalue weighted by Gasteiger charge is 2.14. The van der Waals surface area contributed by atoms with E-state index in [0.29, 0.717) is 20.7 Å². The lowest BCUT2D eigenvalue weighted by Crippen LogP contribution is -2.08. The van der Waals surface area contributed by atoms with Gasteiger partial charge >= 0.3 is 0 Å². The van der Waals surface area contributed by atoms with Gasteiger partial charge in [0.25, 0.3) is 0 Å². The molecule has 0 atom stereocenters. The molecule has 2 aromatic rings. The van der Waals surface area contributed by atoms with Gasteiger partial charge in [-0.1, -0.05) is 29.8 Å². The molecule has 0 fully saturated rings. The quantitative estimate of drug-likeness (QED) is 0.795. The number of nitrogens with zero attached hydrogens (tertiary/aromatic N) is 1. The van der Waals surface area contributed by atoms with Crippen LogP contribution >= 0.6 is 23.4 Å². The molecule has 1 aromatic carbocycles. The smallest absolute Gasteiger partial charge is 0.179 e. The fourth-order valence-corrected chi connectivity index (χ4v) is 4.31. The van der Waals surface area contributed by atoms with Crippen LogP contribution in [0.1, 0.15) is 0 Å². The number of hydrogen-bond acceptors (Lipinski definition) is 4. The molecule has 2 rings (SSSR count). The number of rotatable bonds is 5. The maximum absolute atomic E-state index is 12.0. The Morgan fingerprint density at radius 3 is 2.53 bits per heavy atom. The van der Waals surface area contributed by atoms with Gasteiger partial charge in [0.1, 0.15) is 5.03 Å². The van der Waals surface area contributed by atoms with Gasteiger partial charge in [0.15, 0.2) is 9.84 Å². The second-order valence-corrected chi connectivity index (χ2v) is 7.37. The maximum atomic E-state index is 12.0. The van der Waals surface area contributed by atoms with Gasteiger partial charge in [-0.3, -0.25) is 0 Å². The predicted octanol–water partition coefficient (Wildman–Crippen LogP) is 3.30. The van der Waals surface area contributed by atoms with Crippen LogP contribution in [0.3, 0.4) is 0 Å². The average Bonchev–Trinajstić information content (AvgIpc) is 2.42. The van der Waals surface area contributed by atoms with E-state index >= 15 is 0 Å². The Morgan fingerprint density at radius 2 is 1.84 bits per heavy atom. The lowest BCUT2D eigenvalue weighted by Gasteiger charge is -2.04. The molecule has 1 aromatic heterocycles. The molecule has 0 spiro atoms. The van der Waals surface area contributed by atoms with Crippen LogP contribution in [0, 0.1) is 0 Å². The van der Waals surface area contributed by atoms with Crippen LogP contribution in [-0.2, 0) is 9.84 Å². The zero-order chi connectivity index (χ0) is 13.7. The molecule has 6 heteroatoms. The molecule has 0 bridgehead atoms. The van der Waals surface area contributed by atoms with Gasteiger partial charge in [0.2, 0.25) is 0 Å². The third-order valence-electron chi connectivity index (χ3n) is 2.42. The van der Waals surface area contributed by atoms with Gasteiger partial charge in [-0.15, -0.1) is 11.8 Å². The lowest BCUT2D eigenvalue weighted by atomic mass is 10.4. The Hall–Kier alpha value is -1.04. The van der Waals surface area contributed by atoms with Crippen LogP contribution in [-0.4, -0.2) is 24.9 Å². The van der Waals surface area contributed by atoms with Crippen molar-refractivity contribution in [2.24, 2.45) is 0 Å². The molecule has 100 valence electrons. The van der Waals surface area contributed by atoms with Crippen molar-refractivity contribution in [1.29, 1.82) is 0 Å². The van der Waals surface area contributed by atoms with Crippen molar-refractivity contribution in [3.63, 3.8) is 0 Å². The molecular weight excluding hydrogens is 302 g/mol. The molecular formula is C13H12ClNO2S2. The molecule has 0 aliphatic carbocycles. The van der Waals surface area contributed by atoms with E-state index in [0.717, 1.165) is 0 Å². The highest BCUT2D eigenvalue weighted by atomic mass is 35.5. The summed E-state index contributed by atoms with van der Waals surface area (Å²) in [5, 5.41) is 1.21. The molecule has 0 unspecified atom stereocenters. The van der Waals surface area contributed by atoms with Crippen molar-refractivity contribution in [1.82, 2.24) is 4.98 Å². The summed E-state index contributed by atoms with van der Waals surface area (Å²) in [6.07, 6.45) is 1.64. The summed E-state index contributed by atoms with van der Waals surface area (Å²) in [6, 6.07) is 11.9. The van der Waals surface area contributed by atoms with Crippen molar-refractivity contribution >= 4 is 33.2 Å². The Morgan fingerprint density at radius 1 is 1.11 bits per heavy atom. The first-order chi connectivity index (χ1) is 9.09. The van der Waals surface area contributed by atoms with Crippen LogP contribution < -0.4 is 0 Å². The minimum absolute atomic E-state index is 0.0641. The van der Waals surface area contributed by atoms with Gasteiger partial charge in [-0.05, 0) is 24.3 Å². The Bertz CT molecular complexity index is 645. The van der Waals surface area contributed by atoms with Crippen molar-refractivity contribution in [3.05, 3.63) is 53.7 Å². The lowest BCUT2D eigenvalue weighted by molar-refractivity contribution is 0.597. The molecule has 0 amide bonds. The first kappa shape index (κ1) is 14.4. The topological polar surface area (TPSA) is 47.0 Å². The van der Waals surface area contributed by atoms with E-state index in [1.54, 1.807) is 48.7 Å². The zero-order valence-electron chi connectivity index (χ0n) is 9.99. The molecule has 0 N–H and O–H groups in total. The van der Waals surface area contributed by atoms with Gasteiger partial charge in [-0.25, -0.2) is 13.4 Å². The summed E-state index contributed by atoms with van der Waals surface area (Å²) in [4.78, 5) is 4.46. The SMILES string of the molecule is O=S(=O)(CCSc1ncccc1Cl)c1ccccc1. The van der Waals surface area contributed by atoms with Crippen LogP contribution in [0.5, 0.6) is 0 Å². The van der Waals surface area contributed by atoms with E-state index in [1.165, 1.54) is 11.8 Å². The molecule has 3 nitrogen and oxygen atoms in total. The highest BCUT2D eigenvalue weighted by Crippen LogP contribution is 2.24. The second-order valence-electron chi connectivity index (χ2n) is 3.77. The van der Waals surface area contributed by atoms with Gasteiger partial charge in [0, 0.05) is 11.9 Å². The standard InChI is InChI=1S/C13H12ClNO2S2/c14-12-7-4-8-15-13(12)18-9-10-19(16,17)11-5-2-1-3-6-11/h1-8H,9-10H2. The molecule has 0 radical (unpaired) electrons. The molecule has 0 saturated heterocycles. The molecule has 19 heavy (non-hydrogen) atoms. The molecule has 1 heterocycles. The van der Waals surface area contributed by atoms with Crippen LogP contribution in [0.4, 0.5) is 0 Å². The van der Waals surface area contributed by atoms with E-state index < -0.39 is 9.84 Å². The van der Waals surface area contributed by atoms with Crippen LogP contribution in [0.15, 0.2) is 58.6 Å². The number of sulfone groups is 1. The monoisotopic (exact) mass is 313 g/mol. The first-order valence-corrected chi connectivity index (χ1v) is 8.62. The predicted molar refractivity (Wildman–Crippen MR) is 78.5 cm³/mol. The van der Waals surface area contributed by atoms with Crippen molar-refractivity contribution in [2.75, 3.05) is 11.5 Å². The fraction of sp³-hybridized carbons (Fsp3) is 0.154. The minimum atomic E-state index is -3.23. The number of hydrogen-bond donors (Lipinski definition) is 0. The molecule has 0 aliphatic rings. The summed E-state index contributed by atoms with van der Waals surface area (Å²) < 4.78 is 24.1. The summed E-state index contributed by atoms with van der Waals surface area (Å²) in [5.41, 5.74) is 0. The second kappa shape index (κ2) is 6.41. The Kier molecular flexibility index (Phi) is 4.85. The summed E-state index contributed by atoms with van der Waals surface area (Å²) >= 11 is 7.30. The number of halogens is 1. The third-order valence-corrected chi connectivity index (χ3v) is 5.83. The summed E-state index contributed by atoms with van der Waals surface area (Å²) in [6.45, 7) is 0. The van der Waals surface area contributed by atoms with E-state index in [1.807, 2.05) is 0 Å². The molecule has 0 saturated carbocycles. The zero-order valence-corrected chi connectivity index (χ0v) is 12.4. The first-order valence-electron chi connectivity index (χ1n) is 5.61. The van der Waals surface area contributed by atoms with E-state index in [9.17, 15) is 8.42 Å². The average molecular weight is 314 g/mol. The Labute approximate surface area is 121 Å². The van der Waals surface area contributed by atoms with Crippen LogP contribution in [0.25, 0.3) is 0 Å². The summed E-state index contributed by atoms with van der Waals surface area (Å²) in [7, 11) is -3.23. The Balaban J connectivity index is 1.98. The van der Waals surface area contributed by atoms with Gasteiger partial charge in [-0.2, -0.15) is 0 Å². The summed E-state index contributed by atoms with van der Waals surface area (Å²) in [5.74, 6) is 0.489. The number of thioether (sulfide) groups is 1. The van der Waals surface area contributed by atoms with Crippen molar-refractivity contribution in [2.45, 2.75) is 9.92 Å².